The van der Waals surface area contributed by atoms with E-state index in [9.17, 15) is 38.4 Å². The summed E-state index contributed by atoms with van der Waals surface area (Å²) >= 11 is 0. The fraction of sp³-hybridized carbons (Fsp3) is 0.375. The number of hydrogen-bond acceptors (Lipinski definition) is 28. The molecule has 0 bridgehead atoms. The lowest BCUT2D eigenvalue weighted by Gasteiger charge is -2.39. The maximum atomic E-state index is 15.4. The lowest BCUT2D eigenvalue weighted by atomic mass is 10.0. The number of ether oxygens (including phenoxy) is 8. The summed E-state index contributed by atoms with van der Waals surface area (Å²) in [6.07, 6.45) is 11.4. The molecular formula is C96H112F4N20O16. The summed E-state index contributed by atoms with van der Waals surface area (Å²) in [5.41, 5.74) is 4.54. The van der Waals surface area contributed by atoms with Crippen molar-refractivity contribution < 1.29 is 93.8 Å². The molecule has 720 valence electrons. The summed E-state index contributed by atoms with van der Waals surface area (Å²) in [6.45, 7) is 22.3. The number of aromatic nitrogens is 4. The normalized spacial score (nSPS) is 16.7. The largest absolute Gasteiger partial charge is 0.491 e. The van der Waals surface area contributed by atoms with Crippen LogP contribution in [0.15, 0.2) is 148 Å². The first kappa shape index (κ1) is 98.9. The van der Waals surface area contributed by atoms with Crippen molar-refractivity contribution in [2.75, 3.05) is 176 Å². The smallest absolute Gasteiger partial charge is 0.255 e. The Hall–Kier alpha value is -14.6. The van der Waals surface area contributed by atoms with E-state index in [-0.39, 0.29) is 189 Å². The number of nitrogens with one attached hydrogen (secondary N) is 12. The zero-order chi connectivity index (χ0) is 96.3. The molecule has 16 rings (SSSR count). The van der Waals surface area contributed by atoms with Crippen molar-refractivity contribution in [1.29, 1.82) is 0 Å². The number of pyridine rings is 4. The first-order valence-electron chi connectivity index (χ1n) is 44.7. The third kappa shape index (κ3) is 25.2. The van der Waals surface area contributed by atoms with Gasteiger partial charge in [0, 0.05) is 170 Å². The molecule has 4 saturated heterocycles. The van der Waals surface area contributed by atoms with Crippen molar-refractivity contribution >= 4 is 117 Å². The number of methoxy groups -OCH3 is 4. The molecular weight excluding hydrogens is 1770 g/mol. The lowest BCUT2D eigenvalue weighted by molar-refractivity contribution is -0.130. The lowest BCUT2D eigenvalue weighted by Crippen LogP contribution is -2.56. The monoisotopic (exact) mass is 1880 g/mol. The van der Waals surface area contributed by atoms with E-state index in [0.29, 0.717) is 157 Å². The van der Waals surface area contributed by atoms with E-state index in [2.05, 4.69) is 110 Å². The summed E-state index contributed by atoms with van der Waals surface area (Å²) < 4.78 is 103. The molecule has 136 heavy (non-hydrogen) atoms. The van der Waals surface area contributed by atoms with Crippen LogP contribution in [0, 0.1) is 23.3 Å². The molecule has 12 heterocycles. The second-order valence-electron chi connectivity index (χ2n) is 32.5. The Morgan fingerprint density at radius 3 is 0.897 bits per heavy atom. The molecule has 36 nitrogen and oxygen atoms in total. The molecule has 4 aromatic heterocycles. The van der Waals surface area contributed by atoms with E-state index < -0.39 is 23.3 Å². The van der Waals surface area contributed by atoms with Crippen molar-refractivity contribution in [2.45, 2.75) is 102 Å². The van der Waals surface area contributed by atoms with Gasteiger partial charge in [0.2, 0.25) is 23.6 Å². The Kier molecular flexibility index (Phi) is 34.8. The van der Waals surface area contributed by atoms with Crippen LogP contribution in [0.3, 0.4) is 0 Å². The molecule has 8 aliphatic rings. The number of carbonyl (C=O) groups is 8. The van der Waals surface area contributed by atoms with Gasteiger partial charge in [0.1, 0.15) is 72.7 Å². The summed E-state index contributed by atoms with van der Waals surface area (Å²) in [6, 6.07) is 28.1. The van der Waals surface area contributed by atoms with Gasteiger partial charge >= 0.3 is 0 Å². The Balaban J connectivity index is 0.000000153. The molecule has 0 radical (unpaired) electrons. The number of halogens is 4. The van der Waals surface area contributed by atoms with Crippen LogP contribution in [-0.4, -0.2) is 245 Å². The minimum absolute atomic E-state index is 0.0398. The Labute approximate surface area is 783 Å². The van der Waals surface area contributed by atoms with E-state index in [1.807, 2.05) is 0 Å². The number of anilines is 12. The molecule has 3 atom stereocenters. The predicted octanol–water partition coefficient (Wildman–Crippen LogP) is 11.3. The number of nitrogens with zero attached hydrogens (tertiary/aromatic N) is 8. The highest BCUT2D eigenvalue weighted by Gasteiger charge is 2.38. The zero-order valence-electron chi connectivity index (χ0n) is 76.1. The molecule has 12 N–H and O–H groups in total. The van der Waals surface area contributed by atoms with E-state index in [0.717, 1.165) is 44.9 Å². The van der Waals surface area contributed by atoms with Crippen LogP contribution in [0.5, 0.6) is 23.0 Å². The summed E-state index contributed by atoms with van der Waals surface area (Å²) in [5, 5.41) is 35.8. The topological polar surface area (TPSA) is 419 Å². The summed E-state index contributed by atoms with van der Waals surface area (Å²) in [7, 11) is 6.43. The molecule has 3 unspecified atom stereocenters. The van der Waals surface area contributed by atoms with Gasteiger partial charge in [-0.15, -0.1) is 0 Å². The van der Waals surface area contributed by atoms with Gasteiger partial charge in [-0.05, 0) is 173 Å². The van der Waals surface area contributed by atoms with Gasteiger partial charge < -0.3 is 121 Å². The first-order chi connectivity index (χ1) is 66.0. The van der Waals surface area contributed by atoms with Crippen LogP contribution >= 0.6 is 0 Å². The molecule has 40 heteroatoms. The SMILES string of the molecule is C=CC(=O)N1CC(Nc2nc(Nc3ccc(OCCOC)cc3)c3c(c2F)CNC3=O)C1.C=CC(=O)N1CCCC(Nc2nc(Nc3ccc(OCCOC)cc3)c3c(c2F)CNC3=O)C1.C=CC(=O)N1CCCC(Nc2nc(Nc3ccc(OCCOC)cc3)c3c(c2F)CNC3=O)CC1.C=CC(=O)N1CCCCC(Nc2nc(Nc3ccc(OCCOC)cc3)c3c(c2F)CNC3=O)C1. The molecule has 4 fully saturated rings. The van der Waals surface area contributed by atoms with E-state index >= 15 is 17.6 Å². The Bertz CT molecular complexity index is 5670. The van der Waals surface area contributed by atoms with Gasteiger partial charge in [0.25, 0.3) is 23.6 Å². The van der Waals surface area contributed by atoms with Gasteiger partial charge in [-0.25, -0.2) is 37.5 Å². The molecule has 0 aliphatic carbocycles. The van der Waals surface area contributed by atoms with Crippen LogP contribution in [0.4, 0.5) is 86.9 Å². The van der Waals surface area contributed by atoms with Gasteiger partial charge in [0.05, 0.1) is 54.7 Å². The Morgan fingerprint density at radius 1 is 0.331 bits per heavy atom. The van der Waals surface area contributed by atoms with Crippen molar-refractivity contribution in [3.05, 3.63) is 215 Å². The van der Waals surface area contributed by atoms with Crippen LogP contribution in [0.1, 0.15) is 115 Å². The Morgan fingerprint density at radius 2 is 0.588 bits per heavy atom. The number of likely N-dealkylation sites (tertiary alicyclic amines) is 4. The maximum absolute atomic E-state index is 15.4. The fourth-order valence-electron chi connectivity index (χ4n) is 16.2. The van der Waals surface area contributed by atoms with Crippen LogP contribution < -0.4 is 82.7 Å². The molecule has 0 spiro atoms. The molecule has 8 amide bonds. The number of benzene rings is 4. The summed E-state index contributed by atoms with van der Waals surface area (Å²) in [4.78, 5) is 122. The molecule has 0 saturated carbocycles. The third-order valence-corrected chi connectivity index (χ3v) is 23.3. The quantitative estimate of drug-likeness (QED) is 0.00986. The highest BCUT2D eigenvalue weighted by atomic mass is 19.1. The van der Waals surface area contributed by atoms with Crippen molar-refractivity contribution in [3.63, 3.8) is 0 Å². The number of carbonyl (C=O) groups excluding carboxylic acids is 8. The molecule has 8 aliphatic heterocycles. The standard InChI is InChI=1S/2C25H30FN5O4.C24H28FN5O4.C22H24FN5O4/c1-3-20(32)31-11-4-5-16(10-12-31)29-24-22(26)19-15-27-25(33)21(19)23(30-24)28-17-6-8-18(9-7-17)35-14-13-34-2;1-3-20(32)31-11-5-4-6-17(15-31)29-24-22(26)19-14-27-25(33)21(19)23(30-24)28-16-7-9-18(10-8-16)35-13-12-34-2;1-3-19(31)30-10-4-5-16(14-30)28-23-21(25)18-13-26-24(32)20(18)22(29-23)27-15-6-8-17(9-7-15)34-12-11-33-2;1-3-17(29)28-11-14(12-28)26-21-19(23)16-10-24-22(30)18(16)20(27-21)25-13-4-6-15(7-5-13)32-9-8-31-2/h3,6-9,16H,1,4-5,10-15H2,2H3,(H,27,33)(H2,28,29,30);3,7-10,17H,1,4-6,11-15H2,2H3,(H,27,33)(H2,28,29,30);3,6-9,16H,1,4-5,10-14H2,2H3,(H,26,32)(H2,27,28,29);3-7,14H,1,8-12H2,2H3,(H,24,30)(H2,25,26,27). The molecule has 8 aromatic rings. The maximum Gasteiger partial charge on any atom is 0.255 e. The van der Waals surface area contributed by atoms with Crippen molar-refractivity contribution in [3.8, 4) is 23.0 Å². The first-order valence-corrected chi connectivity index (χ1v) is 44.7. The predicted molar refractivity (Wildman–Crippen MR) is 504 cm³/mol. The van der Waals surface area contributed by atoms with Crippen molar-refractivity contribution in [1.82, 2.24) is 60.8 Å². The second kappa shape index (κ2) is 47.8. The zero-order valence-corrected chi connectivity index (χ0v) is 76.1. The number of piperidine rings is 1. The van der Waals surface area contributed by atoms with E-state index in [1.165, 1.54) is 24.3 Å². The van der Waals surface area contributed by atoms with Crippen LogP contribution in [0.25, 0.3) is 0 Å². The summed E-state index contributed by atoms with van der Waals surface area (Å²) in [5.74, 6) is -0.284. The van der Waals surface area contributed by atoms with Crippen LogP contribution in [-0.2, 0) is 64.3 Å². The highest BCUT2D eigenvalue weighted by molar-refractivity contribution is 6.06. The van der Waals surface area contributed by atoms with Gasteiger partial charge in [-0.3, -0.25) is 38.4 Å². The minimum atomic E-state index is -0.570. The van der Waals surface area contributed by atoms with Gasteiger partial charge in [-0.1, -0.05) is 26.3 Å². The molecule has 4 aromatic carbocycles. The van der Waals surface area contributed by atoms with E-state index in [1.54, 1.807) is 145 Å². The third-order valence-electron chi connectivity index (χ3n) is 23.3. The average Bonchev–Trinajstić information content (AvgIpc) is 1.54. The second-order valence-corrected chi connectivity index (χ2v) is 32.5. The van der Waals surface area contributed by atoms with E-state index in [4.69, 9.17) is 37.9 Å². The number of hydrogen-bond donors (Lipinski definition) is 12. The van der Waals surface area contributed by atoms with Crippen molar-refractivity contribution in [2.24, 2.45) is 0 Å². The van der Waals surface area contributed by atoms with Crippen LogP contribution in [0.2, 0.25) is 0 Å². The fourth-order valence-corrected chi connectivity index (χ4v) is 16.2. The minimum Gasteiger partial charge on any atom is -0.491 e. The van der Waals surface area contributed by atoms with Gasteiger partial charge in [0.15, 0.2) is 46.5 Å². The average molecular weight is 1880 g/mol. The number of rotatable bonds is 36. The number of fused-ring (bicyclic) bond motifs is 4. The van der Waals surface area contributed by atoms with Gasteiger partial charge in [-0.2, -0.15) is 0 Å². The highest BCUT2D eigenvalue weighted by Crippen LogP contribution is 2.39. The number of amides is 8.